The van der Waals surface area contributed by atoms with Crippen LogP contribution in [0.2, 0.25) is 0 Å². The molecule has 1 aliphatic heterocycles. The third-order valence-corrected chi connectivity index (χ3v) is 6.23. The number of hydrogen-bond acceptors (Lipinski definition) is 6. The van der Waals surface area contributed by atoms with Crippen LogP contribution in [-0.4, -0.2) is 53.3 Å². The van der Waals surface area contributed by atoms with Crippen molar-refractivity contribution in [2.75, 3.05) is 13.1 Å². The predicted molar refractivity (Wildman–Crippen MR) is 97.6 cm³/mol. The molecule has 1 aliphatic rings. The highest BCUT2D eigenvalue weighted by molar-refractivity contribution is 7.92. The molecule has 0 bridgehead atoms. The van der Waals surface area contributed by atoms with Crippen molar-refractivity contribution in [2.24, 2.45) is 0 Å². The van der Waals surface area contributed by atoms with Crippen LogP contribution >= 0.6 is 0 Å². The van der Waals surface area contributed by atoms with Gasteiger partial charge in [-0.25, -0.2) is 18.2 Å². The van der Waals surface area contributed by atoms with Gasteiger partial charge in [-0.05, 0) is 45.7 Å². The van der Waals surface area contributed by atoms with E-state index in [1.54, 1.807) is 39.0 Å². The van der Waals surface area contributed by atoms with Gasteiger partial charge in [-0.1, -0.05) is 12.1 Å². The topological polar surface area (TPSA) is 89.5 Å². The number of rotatable bonds is 2. The Bertz CT molecular complexity index is 921. The molecule has 0 unspecified atom stereocenters. The van der Waals surface area contributed by atoms with E-state index in [0.717, 1.165) is 0 Å². The van der Waals surface area contributed by atoms with Gasteiger partial charge in [0, 0.05) is 13.1 Å². The van der Waals surface area contributed by atoms with Gasteiger partial charge in [-0.2, -0.15) is 0 Å². The first-order chi connectivity index (χ1) is 12.2. The van der Waals surface area contributed by atoms with Crippen molar-refractivity contribution in [1.82, 2.24) is 14.9 Å². The van der Waals surface area contributed by atoms with Gasteiger partial charge in [0.2, 0.25) is 9.84 Å². The lowest BCUT2D eigenvalue weighted by molar-refractivity contribution is 0.0219. The number of carbonyl (C=O) groups is 1. The second-order valence-corrected chi connectivity index (χ2v) is 9.61. The number of aromatic nitrogens is 2. The Morgan fingerprint density at radius 3 is 2.62 bits per heavy atom. The summed E-state index contributed by atoms with van der Waals surface area (Å²) in [5.41, 5.74) is 0.561. The summed E-state index contributed by atoms with van der Waals surface area (Å²) in [6.45, 7) is 5.95. The second-order valence-electron chi connectivity index (χ2n) is 7.43. The molecule has 1 atom stereocenters. The Balaban J connectivity index is 1.82. The number of likely N-dealkylation sites (tertiary alicyclic amines) is 1. The summed E-state index contributed by atoms with van der Waals surface area (Å²) in [7, 11) is -3.69. The number of nitrogens with zero attached hydrogens (tertiary/aromatic N) is 3. The first-order valence-corrected chi connectivity index (χ1v) is 10.1. The fourth-order valence-corrected chi connectivity index (χ4v) is 4.55. The van der Waals surface area contributed by atoms with E-state index in [1.165, 1.54) is 11.1 Å². The number of hydrogen-bond donors (Lipinski definition) is 0. The molecular weight excluding hydrogens is 354 g/mol. The molecule has 8 heteroatoms. The van der Waals surface area contributed by atoms with Crippen LogP contribution < -0.4 is 0 Å². The molecule has 1 aromatic carbocycles. The SMILES string of the molecule is CC(C)(C)OC(=O)N1CCC[C@H](S(=O)(=O)c2cnc3ccccc3n2)C1. The Kier molecular flexibility index (Phi) is 4.88. The molecule has 26 heavy (non-hydrogen) atoms. The van der Waals surface area contributed by atoms with E-state index in [0.29, 0.717) is 30.4 Å². The predicted octanol–water partition coefficient (Wildman–Crippen LogP) is 2.80. The number of benzene rings is 1. The molecule has 7 nitrogen and oxygen atoms in total. The van der Waals surface area contributed by atoms with Gasteiger partial charge < -0.3 is 9.64 Å². The van der Waals surface area contributed by atoms with E-state index in [-0.39, 0.29) is 11.6 Å². The van der Waals surface area contributed by atoms with Gasteiger partial charge in [0.25, 0.3) is 0 Å². The zero-order chi connectivity index (χ0) is 18.9. The summed E-state index contributed by atoms with van der Waals surface area (Å²) in [4.78, 5) is 22.2. The Hall–Kier alpha value is -2.22. The molecule has 1 saturated heterocycles. The van der Waals surface area contributed by atoms with Gasteiger partial charge in [0.1, 0.15) is 5.60 Å². The fourth-order valence-electron chi connectivity index (χ4n) is 2.93. The van der Waals surface area contributed by atoms with E-state index < -0.39 is 26.8 Å². The highest BCUT2D eigenvalue weighted by Gasteiger charge is 2.36. The lowest BCUT2D eigenvalue weighted by Gasteiger charge is -2.33. The molecule has 1 amide bonds. The standard InChI is InChI=1S/C18H23N3O4S/c1-18(2,3)25-17(22)21-10-6-7-13(12-21)26(23,24)16-11-19-14-8-4-5-9-15(14)20-16/h4-5,8-9,11,13H,6-7,10,12H2,1-3H3/t13-/m0/s1. The summed E-state index contributed by atoms with van der Waals surface area (Å²) in [6, 6.07) is 7.13. The number of carbonyl (C=O) groups excluding carboxylic acids is 1. The molecule has 0 aliphatic carbocycles. The first-order valence-electron chi connectivity index (χ1n) is 8.60. The minimum atomic E-state index is -3.69. The van der Waals surface area contributed by atoms with Crippen LogP contribution in [0.3, 0.4) is 0 Å². The molecule has 0 saturated carbocycles. The van der Waals surface area contributed by atoms with E-state index >= 15 is 0 Å². The number of amides is 1. The molecule has 2 aromatic rings. The number of ether oxygens (including phenoxy) is 1. The van der Waals surface area contributed by atoms with E-state index in [1.807, 2.05) is 6.07 Å². The van der Waals surface area contributed by atoms with Gasteiger partial charge in [-0.3, -0.25) is 4.98 Å². The normalized spacial score (nSPS) is 18.7. The molecule has 0 N–H and O–H groups in total. The summed E-state index contributed by atoms with van der Waals surface area (Å²) in [5, 5.41) is -0.758. The van der Waals surface area contributed by atoms with Crippen molar-refractivity contribution in [3.8, 4) is 0 Å². The van der Waals surface area contributed by atoms with Gasteiger partial charge in [0.05, 0.1) is 22.5 Å². The van der Waals surface area contributed by atoms with Crippen LogP contribution in [0.15, 0.2) is 35.5 Å². The largest absolute Gasteiger partial charge is 0.444 e. The highest BCUT2D eigenvalue weighted by Crippen LogP contribution is 2.24. The zero-order valence-corrected chi connectivity index (χ0v) is 16.0. The van der Waals surface area contributed by atoms with E-state index in [9.17, 15) is 13.2 Å². The summed E-state index contributed by atoms with van der Waals surface area (Å²) >= 11 is 0. The van der Waals surface area contributed by atoms with Crippen LogP contribution in [0.1, 0.15) is 33.6 Å². The maximum atomic E-state index is 13.0. The monoisotopic (exact) mass is 377 g/mol. The van der Waals surface area contributed by atoms with Crippen LogP contribution in [0.4, 0.5) is 4.79 Å². The highest BCUT2D eigenvalue weighted by atomic mass is 32.2. The Labute approximate surface area is 153 Å². The first kappa shape index (κ1) is 18.6. The Morgan fingerprint density at radius 1 is 1.23 bits per heavy atom. The minimum Gasteiger partial charge on any atom is -0.444 e. The number of fused-ring (bicyclic) bond motifs is 1. The minimum absolute atomic E-state index is 0.0489. The van der Waals surface area contributed by atoms with E-state index in [4.69, 9.17) is 4.74 Å². The average Bonchev–Trinajstić information content (AvgIpc) is 2.60. The number of piperidine rings is 1. The molecule has 0 spiro atoms. The molecule has 1 fully saturated rings. The van der Waals surface area contributed by atoms with Gasteiger partial charge >= 0.3 is 6.09 Å². The lowest BCUT2D eigenvalue weighted by Crippen LogP contribution is -2.47. The van der Waals surface area contributed by atoms with Crippen molar-refractivity contribution >= 4 is 27.0 Å². The maximum Gasteiger partial charge on any atom is 0.410 e. The van der Waals surface area contributed by atoms with Crippen LogP contribution in [0, 0.1) is 0 Å². The maximum absolute atomic E-state index is 13.0. The smallest absolute Gasteiger partial charge is 0.410 e. The van der Waals surface area contributed by atoms with Crippen molar-refractivity contribution in [3.63, 3.8) is 0 Å². The van der Waals surface area contributed by atoms with Crippen LogP contribution in [0.5, 0.6) is 0 Å². The molecule has 140 valence electrons. The molecule has 2 heterocycles. The summed E-state index contributed by atoms with van der Waals surface area (Å²) in [5.74, 6) is 0. The van der Waals surface area contributed by atoms with Crippen molar-refractivity contribution in [1.29, 1.82) is 0 Å². The average molecular weight is 377 g/mol. The van der Waals surface area contributed by atoms with E-state index in [2.05, 4.69) is 9.97 Å². The van der Waals surface area contributed by atoms with Crippen molar-refractivity contribution in [3.05, 3.63) is 30.5 Å². The molecular formula is C18H23N3O4S. The molecule has 3 rings (SSSR count). The molecule has 0 radical (unpaired) electrons. The van der Waals surface area contributed by atoms with Crippen LogP contribution in [0.25, 0.3) is 11.0 Å². The van der Waals surface area contributed by atoms with Gasteiger partial charge in [0.15, 0.2) is 5.03 Å². The quantitative estimate of drug-likeness (QED) is 0.799. The third kappa shape index (κ3) is 3.95. The lowest BCUT2D eigenvalue weighted by atomic mass is 10.1. The Morgan fingerprint density at radius 2 is 1.92 bits per heavy atom. The second kappa shape index (κ2) is 6.83. The third-order valence-electron chi connectivity index (χ3n) is 4.19. The number of sulfone groups is 1. The van der Waals surface area contributed by atoms with Gasteiger partial charge in [-0.15, -0.1) is 0 Å². The summed E-state index contributed by atoms with van der Waals surface area (Å²) in [6.07, 6.45) is 1.90. The van der Waals surface area contributed by atoms with Crippen molar-refractivity contribution < 1.29 is 17.9 Å². The zero-order valence-electron chi connectivity index (χ0n) is 15.2. The fraction of sp³-hybridized carbons (Fsp3) is 0.500. The molecule has 1 aromatic heterocycles. The van der Waals surface area contributed by atoms with Crippen LogP contribution in [-0.2, 0) is 14.6 Å². The number of para-hydroxylation sites is 2. The summed E-state index contributed by atoms with van der Waals surface area (Å²) < 4.78 is 31.4. The van der Waals surface area contributed by atoms with Crippen molar-refractivity contribution in [2.45, 2.75) is 49.5 Å².